The highest BCUT2D eigenvalue weighted by Gasteiger charge is 2.35. The van der Waals surface area contributed by atoms with Crippen LogP contribution in [0.25, 0.3) is 6.08 Å². The highest BCUT2D eigenvalue weighted by molar-refractivity contribution is 7.85. The van der Waals surface area contributed by atoms with Crippen LogP contribution in [-0.4, -0.2) is 24.0 Å². The summed E-state index contributed by atoms with van der Waals surface area (Å²) in [6, 6.07) is 4.68. The maximum absolute atomic E-state index is 11.4. The first-order chi connectivity index (χ1) is 10.6. The molecule has 5 nitrogen and oxygen atoms in total. The zero-order chi connectivity index (χ0) is 17.3. The number of allylic oxidation sites excluding steroid dienone is 1. The highest BCUT2D eigenvalue weighted by atomic mass is 32.2. The normalized spacial score (nSPS) is 20.2. The Hall–Kier alpha value is -1.66. The quantitative estimate of drug-likeness (QED) is 0.585. The van der Waals surface area contributed by atoms with Crippen molar-refractivity contribution in [3.63, 3.8) is 0 Å². The van der Waals surface area contributed by atoms with E-state index in [4.69, 9.17) is 5.11 Å². The number of carboxylic acids is 1. The van der Waals surface area contributed by atoms with Crippen LogP contribution >= 0.6 is 0 Å². The van der Waals surface area contributed by atoms with E-state index in [9.17, 15) is 17.8 Å². The minimum absolute atomic E-state index is 0.0866. The summed E-state index contributed by atoms with van der Waals surface area (Å²) < 4.78 is 32.0. The van der Waals surface area contributed by atoms with Crippen molar-refractivity contribution in [1.29, 1.82) is 0 Å². The van der Waals surface area contributed by atoms with Gasteiger partial charge in [-0.1, -0.05) is 37.5 Å². The molecule has 0 radical (unpaired) electrons. The molecular formula is C17H22O5S. The van der Waals surface area contributed by atoms with E-state index in [1.165, 1.54) is 6.07 Å². The molecule has 0 spiro atoms. The Morgan fingerprint density at radius 3 is 2.52 bits per heavy atom. The molecule has 0 amide bonds. The number of carbonyl (C=O) groups is 1. The standard InChI is InChI=1S/C17H22O5S/c1-12-10-13-7-8-14(23(20,21)22)11-15(13)17(12,2)9-5-3-4-6-16(18)19/h7-8,10-11H,3-6,9H2,1-2H3,(H,18,19)(H,20,21,22). The van der Waals surface area contributed by atoms with E-state index in [1.54, 1.807) is 12.1 Å². The van der Waals surface area contributed by atoms with Crippen molar-refractivity contribution >= 4 is 22.2 Å². The van der Waals surface area contributed by atoms with Gasteiger partial charge in [0.25, 0.3) is 10.1 Å². The topological polar surface area (TPSA) is 91.7 Å². The van der Waals surface area contributed by atoms with Crippen LogP contribution in [-0.2, 0) is 20.3 Å². The van der Waals surface area contributed by atoms with E-state index in [1.807, 2.05) is 13.0 Å². The van der Waals surface area contributed by atoms with Gasteiger partial charge in [-0.3, -0.25) is 9.35 Å². The summed E-state index contributed by atoms with van der Waals surface area (Å²) >= 11 is 0. The molecule has 0 aliphatic heterocycles. The number of hydrogen-bond donors (Lipinski definition) is 2. The van der Waals surface area contributed by atoms with E-state index in [0.717, 1.165) is 36.0 Å². The molecule has 0 aromatic heterocycles. The molecule has 0 saturated carbocycles. The van der Waals surface area contributed by atoms with Crippen LogP contribution in [0.1, 0.15) is 57.1 Å². The Morgan fingerprint density at radius 2 is 1.91 bits per heavy atom. The van der Waals surface area contributed by atoms with Gasteiger partial charge in [0.2, 0.25) is 0 Å². The average molecular weight is 338 g/mol. The number of hydrogen-bond acceptors (Lipinski definition) is 3. The zero-order valence-electron chi connectivity index (χ0n) is 13.4. The van der Waals surface area contributed by atoms with Gasteiger partial charge in [-0.25, -0.2) is 0 Å². The van der Waals surface area contributed by atoms with Gasteiger partial charge < -0.3 is 5.11 Å². The van der Waals surface area contributed by atoms with Gasteiger partial charge in [-0.2, -0.15) is 8.42 Å². The van der Waals surface area contributed by atoms with Gasteiger partial charge in [-0.15, -0.1) is 0 Å². The first kappa shape index (κ1) is 17.7. The SMILES string of the molecule is CC1=Cc2ccc(S(=O)(=O)O)cc2C1(C)CCCCCC(=O)O. The van der Waals surface area contributed by atoms with Crippen molar-refractivity contribution in [3.05, 3.63) is 34.9 Å². The molecule has 0 heterocycles. The maximum atomic E-state index is 11.4. The second kappa shape index (κ2) is 6.45. The molecule has 1 aliphatic rings. The molecule has 1 aromatic carbocycles. The Kier molecular flexibility index (Phi) is 4.96. The molecule has 2 rings (SSSR count). The third-order valence-corrected chi connectivity index (χ3v) is 5.58. The fourth-order valence-electron chi connectivity index (χ4n) is 3.17. The van der Waals surface area contributed by atoms with Crippen LogP contribution in [0.2, 0.25) is 0 Å². The summed E-state index contributed by atoms with van der Waals surface area (Å²) in [5.74, 6) is -0.781. The van der Waals surface area contributed by atoms with Crippen molar-refractivity contribution in [2.75, 3.05) is 0 Å². The molecule has 1 aromatic rings. The molecule has 0 bridgehead atoms. The van der Waals surface area contributed by atoms with Gasteiger partial charge in [0, 0.05) is 11.8 Å². The number of rotatable bonds is 7. The number of benzene rings is 1. The van der Waals surface area contributed by atoms with E-state index in [0.29, 0.717) is 6.42 Å². The Morgan fingerprint density at radius 1 is 1.22 bits per heavy atom. The summed E-state index contributed by atoms with van der Waals surface area (Å²) in [5, 5.41) is 8.66. The first-order valence-corrected chi connectivity index (χ1v) is 9.11. The van der Waals surface area contributed by atoms with Gasteiger partial charge in [0.15, 0.2) is 0 Å². The second-order valence-electron chi connectivity index (χ2n) is 6.34. The van der Waals surface area contributed by atoms with Crippen LogP contribution in [0, 0.1) is 0 Å². The molecule has 0 saturated heterocycles. The van der Waals surface area contributed by atoms with E-state index in [-0.39, 0.29) is 16.7 Å². The summed E-state index contributed by atoms with van der Waals surface area (Å²) in [5.41, 5.74) is 2.75. The molecule has 6 heteroatoms. The van der Waals surface area contributed by atoms with E-state index < -0.39 is 16.1 Å². The predicted octanol–water partition coefficient (Wildman–Crippen LogP) is 3.64. The monoisotopic (exact) mass is 338 g/mol. The average Bonchev–Trinajstić information content (AvgIpc) is 2.69. The molecule has 126 valence electrons. The Balaban J connectivity index is 2.17. The molecule has 1 aliphatic carbocycles. The number of fused-ring (bicyclic) bond motifs is 1. The Labute approximate surface area is 136 Å². The third-order valence-electron chi connectivity index (χ3n) is 4.73. The van der Waals surface area contributed by atoms with Gasteiger partial charge in [-0.05, 0) is 43.0 Å². The predicted molar refractivity (Wildman–Crippen MR) is 88.0 cm³/mol. The van der Waals surface area contributed by atoms with Crippen LogP contribution in [0.15, 0.2) is 28.7 Å². The van der Waals surface area contributed by atoms with Crippen LogP contribution in [0.5, 0.6) is 0 Å². The lowest BCUT2D eigenvalue weighted by Gasteiger charge is -2.28. The number of unbranched alkanes of at least 4 members (excludes halogenated alkanes) is 2. The summed E-state index contributed by atoms with van der Waals surface area (Å²) in [6.07, 6.45) is 5.37. The smallest absolute Gasteiger partial charge is 0.303 e. The number of carboxylic acid groups (broad SMARTS) is 1. The molecular weight excluding hydrogens is 316 g/mol. The molecule has 23 heavy (non-hydrogen) atoms. The van der Waals surface area contributed by atoms with Gasteiger partial charge in [0.1, 0.15) is 0 Å². The molecule has 2 N–H and O–H groups in total. The maximum Gasteiger partial charge on any atom is 0.303 e. The summed E-state index contributed by atoms with van der Waals surface area (Å²) in [4.78, 5) is 10.5. The second-order valence-corrected chi connectivity index (χ2v) is 7.76. The lowest BCUT2D eigenvalue weighted by molar-refractivity contribution is -0.137. The van der Waals surface area contributed by atoms with Crippen LogP contribution in [0.4, 0.5) is 0 Å². The molecule has 1 atom stereocenters. The van der Waals surface area contributed by atoms with Crippen molar-refractivity contribution in [2.24, 2.45) is 0 Å². The van der Waals surface area contributed by atoms with Crippen molar-refractivity contribution in [3.8, 4) is 0 Å². The van der Waals surface area contributed by atoms with Crippen molar-refractivity contribution < 1.29 is 22.9 Å². The fourth-order valence-corrected chi connectivity index (χ4v) is 3.67. The van der Waals surface area contributed by atoms with E-state index >= 15 is 0 Å². The highest BCUT2D eigenvalue weighted by Crippen LogP contribution is 2.45. The van der Waals surface area contributed by atoms with Crippen molar-refractivity contribution in [1.82, 2.24) is 0 Å². The first-order valence-electron chi connectivity index (χ1n) is 7.67. The minimum Gasteiger partial charge on any atom is -0.481 e. The lowest BCUT2D eigenvalue weighted by Crippen LogP contribution is -2.21. The van der Waals surface area contributed by atoms with Crippen LogP contribution < -0.4 is 0 Å². The van der Waals surface area contributed by atoms with Crippen molar-refractivity contribution in [2.45, 2.75) is 56.3 Å². The van der Waals surface area contributed by atoms with Gasteiger partial charge >= 0.3 is 5.97 Å². The number of aliphatic carboxylic acids is 1. The Bertz CT molecular complexity index is 748. The summed E-state index contributed by atoms with van der Waals surface area (Å²) in [7, 11) is -4.22. The van der Waals surface area contributed by atoms with Crippen LogP contribution in [0.3, 0.4) is 0 Å². The molecule has 0 fully saturated rings. The fraction of sp³-hybridized carbons (Fsp3) is 0.471. The van der Waals surface area contributed by atoms with E-state index in [2.05, 4.69) is 6.92 Å². The third kappa shape index (κ3) is 3.82. The zero-order valence-corrected chi connectivity index (χ0v) is 14.2. The molecule has 1 unspecified atom stereocenters. The van der Waals surface area contributed by atoms with Gasteiger partial charge in [0.05, 0.1) is 4.90 Å². The summed E-state index contributed by atoms with van der Waals surface area (Å²) in [6.45, 7) is 4.08. The minimum atomic E-state index is -4.22. The lowest BCUT2D eigenvalue weighted by atomic mass is 9.76. The largest absolute Gasteiger partial charge is 0.481 e.